The van der Waals surface area contributed by atoms with Crippen LogP contribution in [0.5, 0.6) is 0 Å². The highest BCUT2D eigenvalue weighted by Crippen LogP contribution is 2.13. The van der Waals surface area contributed by atoms with Crippen molar-refractivity contribution in [2.24, 2.45) is 10.9 Å². The van der Waals surface area contributed by atoms with E-state index in [1.54, 1.807) is 6.20 Å². The van der Waals surface area contributed by atoms with Crippen molar-refractivity contribution >= 4 is 5.71 Å². The average molecular weight is 206 g/mol. The number of aromatic nitrogens is 1. The average Bonchev–Trinajstić information content (AvgIpc) is 2.63. The van der Waals surface area contributed by atoms with Gasteiger partial charge in [0.25, 0.3) is 0 Å². The summed E-state index contributed by atoms with van der Waals surface area (Å²) in [6.07, 6.45) is 3.54. The van der Waals surface area contributed by atoms with Crippen molar-refractivity contribution in [1.29, 1.82) is 0 Å². The van der Waals surface area contributed by atoms with E-state index in [2.05, 4.69) is 43.4 Å². The molecule has 0 aliphatic carbocycles. The van der Waals surface area contributed by atoms with E-state index in [4.69, 9.17) is 0 Å². The van der Waals surface area contributed by atoms with E-state index in [-0.39, 0.29) is 0 Å². The van der Waals surface area contributed by atoms with Gasteiger partial charge in [-0.25, -0.2) is 0 Å². The molecule has 0 amide bonds. The van der Waals surface area contributed by atoms with Crippen LogP contribution >= 0.6 is 0 Å². The third-order valence-corrected chi connectivity index (χ3v) is 2.01. The molecule has 15 heavy (non-hydrogen) atoms. The summed E-state index contributed by atoms with van der Waals surface area (Å²) in [6, 6.07) is 2.05. The first-order chi connectivity index (χ1) is 7.16. The molecule has 0 aliphatic heterocycles. The van der Waals surface area contributed by atoms with Crippen molar-refractivity contribution in [3.63, 3.8) is 0 Å². The molecule has 1 rings (SSSR count). The van der Waals surface area contributed by atoms with E-state index >= 15 is 0 Å². The van der Waals surface area contributed by atoms with Crippen LogP contribution in [0.3, 0.4) is 0 Å². The Morgan fingerprint density at radius 3 is 2.40 bits per heavy atom. The van der Waals surface area contributed by atoms with Crippen LogP contribution in [0.2, 0.25) is 0 Å². The van der Waals surface area contributed by atoms with E-state index in [0.717, 1.165) is 11.4 Å². The van der Waals surface area contributed by atoms with E-state index in [1.807, 2.05) is 20.0 Å². The molecule has 0 aromatic carbocycles. The number of aromatic amines is 1. The molecule has 0 bridgehead atoms. The second-order valence-electron chi connectivity index (χ2n) is 3.37. The molecular weight excluding hydrogens is 184 g/mol. The predicted molar refractivity (Wildman–Crippen MR) is 68.4 cm³/mol. The molecular formula is C13H22N2. The maximum atomic E-state index is 4.29. The molecule has 0 spiro atoms. The molecule has 1 heterocycles. The lowest BCUT2D eigenvalue weighted by Gasteiger charge is -2.08. The SMILES string of the molecule is C=CN=C(c1cc[nH]c1C)C(C)C.CC. The highest BCUT2D eigenvalue weighted by atomic mass is 14.7. The highest BCUT2D eigenvalue weighted by molar-refractivity contribution is 6.03. The summed E-state index contributed by atoms with van der Waals surface area (Å²) in [6.45, 7) is 13.9. The molecule has 2 nitrogen and oxygen atoms in total. The summed E-state index contributed by atoms with van der Waals surface area (Å²) in [5.41, 5.74) is 3.44. The molecule has 0 radical (unpaired) electrons. The molecule has 0 unspecified atom stereocenters. The Hall–Kier alpha value is -1.31. The lowest BCUT2D eigenvalue weighted by atomic mass is 10.0. The third-order valence-electron chi connectivity index (χ3n) is 2.01. The first-order valence-electron chi connectivity index (χ1n) is 5.49. The standard InChI is InChI=1S/C11H16N2.C2H6/c1-5-12-11(8(2)3)10-6-7-13-9(10)4;1-2/h5-8,13H,1H2,2-4H3;1-2H3. The quantitative estimate of drug-likeness (QED) is 0.726. The Labute approximate surface area is 93.1 Å². The van der Waals surface area contributed by atoms with Crippen LogP contribution < -0.4 is 0 Å². The third kappa shape index (κ3) is 3.74. The fraction of sp³-hybridized carbons (Fsp3) is 0.462. The Balaban J connectivity index is 0.000000921. The van der Waals surface area contributed by atoms with Crippen molar-refractivity contribution in [3.8, 4) is 0 Å². The molecule has 0 saturated carbocycles. The van der Waals surface area contributed by atoms with Gasteiger partial charge in [0.15, 0.2) is 0 Å². The van der Waals surface area contributed by atoms with E-state index in [0.29, 0.717) is 5.92 Å². The van der Waals surface area contributed by atoms with Crippen LogP contribution in [-0.4, -0.2) is 10.7 Å². The minimum absolute atomic E-state index is 0.424. The van der Waals surface area contributed by atoms with Gasteiger partial charge < -0.3 is 4.98 Å². The van der Waals surface area contributed by atoms with Crippen LogP contribution in [0.25, 0.3) is 0 Å². The Morgan fingerprint density at radius 2 is 2.07 bits per heavy atom. The monoisotopic (exact) mass is 206 g/mol. The van der Waals surface area contributed by atoms with Gasteiger partial charge in [-0.2, -0.15) is 0 Å². The summed E-state index contributed by atoms with van der Waals surface area (Å²) in [7, 11) is 0. The fourth-order valence-electron chi connectivity index (χ4n) is 1.36. The number of hydrogen-bond acceptors (Lipinski definition) is 1. The van der Waals surface area contributed by atoms with Crippen molar-refractivity contribution in [2.75, 3.05) is 0 Å². The van der Waals surface area contributed by atoms with Crippen molar-refractivity contribution < 1.29 is 0 Å². The zero-order valence-electron chi connectivity index (χ0n) is 10.5. The number of nitrogens with one attached hydrogen (secondary N) is 1. The number of hydrogen-bond donors (Lipinski definition) is 1. The van der Waals surface area contributed by atoms with Crippen LogP contribution in [-0.2, 0) is 0 Å². The van der Waals surface area contributed by atoms with Crippen molar-refractivity contribution in [3.05, 3.63) is 36.3 Å². The lowest BCUT2D eigenvalue weighted by Crippen LogP contribution is -2.09. The van der Waals surface area contributed by atoms with Gasteiger partial charge in [0, 0.05) is 23.7 Å². The maximum Gasteiger partial charge on any atom is 0.0518 e. The molecule has 1 aromatic heterocycles. The van der Waals surface area contributed by atoms with Gasteiger partial charge in [0.1, 0.15) is 0 Å². The van der Waals surface area contributed by atoms with Gasteiger partial charge in [-0.3, -0.25) is 4.99 Å². The van der Waals surface area contributed by atoms with Gasteiger partial charge >= 0.3 is 0 Å². The minimum atomic E-state index is 0.424. The van der Waals surface area contributed by atoms with Crippen molar-refractivity contribution in [1.82, 2.24) is 4.98 Å². The first kappa shape index (κ1) is 13.7. The van der Waals surface area contributed by atoms with Gasteiger partial charge in [-0.05, 0) is 18.9 Å². The van der Waals surface area contributed by atoms with Crippen LogP contribution in [0.15, 0.2) is 30.0 Å². The van der Waals surface area contributed by atoms with E-state index in [9.17, 15) is 0 Å². The molecule has 0 atom stereocenters. The van der Waals surface area contributed by atoms with E-state index in [1.165, 1.54) is 5.56 Å². The maximum absolute atomic E-state index is 4.29. The number of aliphatic imine (C=N–C) groups is 1. The van der Waals surface area contributed by atoms with Crippen molar-refractivity contribution in [2.45, 2.75) is 34.6 Å². The zero-order valence-corrected chi connectivity index (χ0v) is 10.5. The molecule has 0 saturated heterocycles. The second kappa shape index (κ2) is 7.04. The van der Waals surface area contributed by atoms with Gasteiger partial charge in [-0.1, -0.05) is 34.3 Å². The Kier molecular flexibility index (Phi) is 6.43. The smallest absolute Gasteiger partial charge is 0.0518 e. The molecule has 1 aromatic rings. The van der Waals surface area contributed by atoms with Gasteiger partial charge in [0.05, 0.1) is 5.71 Å². The van der Waals surface area contributed by atoms with Crippen LogP contribution in [0, 0.1) is 12.8 Å². The number of nitrogens with zero attached hydrogens (tertiary/aromatic N) is 1. The Morgan fingerprint density at radius 1 is 1.47 bits per heavy atom. The molecule has 84 valence electrons. The molecule has 0 fully saturated rings. The summed E-state index contributed by atoms with van der Waals surface area (Å²) < 4.78 is 0. The summed E-state index contributed by atoms with van der Waals surface area (Å²) in [4.78, 5) is 7.43. The largest absolute Gasteiger partial charge is 0.365 e. The first-order valence-corrected chi connectivity index (χ1v) is 5.49. The molecule has 1 N–H and O–H groups in total. The number of aryl methyl sites for hydroxylation is 1. The molecule has 0 aliphatic rings. The van der Waals surface area contributed by atoms with Gasteiger partial charge in [-0.15, -0.1) is 0 Å². The highest BCUT2D eigenvalue weighted by Gasteiger charge is 2.10. The van der Waals surface area contributed by atoms with Gasteiger partial charge in [0.2, 0.25) is 0 Å². The summed E-state index contributed by atoms with van der Waals surface area (Å²) in [5.74, 6) is 0.424. The summed E-state index contributed by atoms with van der Waals surface area (Å²) >= 11 is 0. The number of rotatable bonds is 3. The minimum Gasteiger partial charge on any atom is -0.365 e. The number of H-pyrrole nitrogens is 1. The van der Waals surface area contributed by atoms with E-state index < -0.39 is 0 Å². The molecule has 2 heteroatoms. The lowest BCUT2D eigenvalue weighted by molar-refractivity contribution is 0.883. The predicted octanol–water partition coefficient (Wildman–Crippen LogP) is 3.94. The summed E-state index contributed by atoms with van der Waals surface area (Å²) in [5, 5.41) is 0. The zero-order chi connectivity index (χ0) is 11.8. The van der Waals surface area contributed by atoms with Crippen LogP contribution in [0.4, 0.5) is 0 Å². The topological polar surface area (TPSA) is 28.1 Å². The fourth-order valence-corrected chi connectivity index (χ4v) is 1.36. The van der Waals surface area contributed by atoms with Crippen LogP contribution in [0.1, 0.15) is 39.0 Å². The normalized spacial score (nSPS) is 10.9. The Bertz CT molecular complexity index is 319. The second-order valence-corrected chi connectivity index (χ2v) is 3.37.